The second kappa shape index (κ2) is 4.21. The van der Waals surface area contributed by atoms with Gasteiger partial charge in [-0.25, -0.2) is 0 Å². The Morgan fingerprint density at radius 2 is 1.89 bits per heavy atom. The summed E-state index contributed by atoms with van der Waals surface area (Å²) in [5, 5.41) is 6.20. The van der Waals surface area contributed by atoms with Crippen molar-refractivity contribution in [2.45, 2.75) is 56.0 Å². The number of piperazine rings is 1. The van der Waals surface area contributed by atoms with Crippen molar-refractivity contribution in [3.8, 4) is 0 Å². The highest BCUT2D eigenvalue weighted by Crippen LogP contribution is 2.69. The van der Waals surface area contributed by atoms with E-state index in [1.54, 1.807) is 0 Å². The number of anilines is 1. The van der Waals surface area contributed by atoms with E-state index < -0.39 is 21.9 Å². The van der Waals surface area contributed by atoms with Gasteiger partial charge in [0.05, 0.1) is 5.41 Å². The van der Waals surface area contributed by atoms with Crippen LogP contribution in [0.1, 0.15) is 45.1 Å². The highest BCUT2D eigenvalue weighted by molar-refractivity contribution is 6.11. The molecule has 3 spiro atoms. The van der Waals surface area contributed by atoms with E-state index >= 15 is 0 Å². The fourth-order valence-electron chi connectivity index (χ4n) is 7.27. The van der Waals surface area contributed by atoms with Crippen LogP contribution in [0.25, 0.3) is 0 Å². The van der Waals surface area contributed by atoms with Gasteiger partial charge in [0.2, 0.25) is 17.7 Å². The van der Waals surface area contributed by atoms with E-state index in [0.717, 1.165) is 24.1 Å². The molecule has 6 aliphatic rings. The second-order valence-electron chi connectivity index (χ2n) is 9.58. The molecule has 140 valence electrons. The summed E-state index contributed by atoms with van der Waals surface area (Å²) in [5.41, 5.74) is -1.14. The molecular weight excluding hydrogens is 342 g/mol. The van der Waals surface area contributed by atoms with Gasteiger partial charge in [-0.05, 0) is 42.7 Å². The number of nitrogens with one attached hydrogen (secondary N) is 2. The molecule has 2 N–H and O–H groups in total. The molecule has 4 atom stereocenters. The number of amides is 3. The smallest absolute Gasteiger partial charge is 0.249 e. The Morgan fingerprint density at radius 1 is 1.11 bits per heavy atom. The van der Waals surface area contributed by atoms with Gasteiger partial charge in [0.25, 0.3) is 0 Å². The number of hydrogen-bond donors (Lipinski definition) is 2. The minimum Gasteiger partial charge on any atom is -0.339 e. The molecule has 0 unspecified atom stereocenters. The molecule has 0 radical (unpaired) electrons. The Kier molecular flexibility index (Phi) is 2.44. The Balaban J connectivity index is 1.61. The van der Waals surface area contributed by atoms with Crippen LogP contribution in [0.4, 0.5) is 5.69 Å². The summed E-state index contributed by atoms with van der Waals surface area (Å²) in [7, 11) is 0. The zero-order valence-electron chi connectivity index (χ0n) is 15.6. The fourth-order valence-corrected chi connectivity index (χ4v) is 7.27. The van der Waals surface area contributed by atoms with Crippen molar-refractivity contribution in [2.75, 3.05) is 11.9 Å². The summed E-state index contributed by atoms with van der Waals surface area (Å²) in [6.45, 7) is 4.88. The minimum absolute atomic E-state index is 0.0182. The summed E-state index contributed by atoms with van der Waals surface area (Å²) in [4.78, 5) is 41.9. The Hall–Kier alpha value is -2.37. The first-order valence-corrected chi connectivity index (χ1v) is 9.85. The van der Waals surface area contributed by atoms with Crippen molar-refractivity contribution in [1.82, 2.24) is 10.2 Å². The molecular formula is C21H23N3O3. The molecule has 3 amide bonds. The average Bonchev–Trinajstić information content (AvgIpc) is 3.24. The number of carbonyl (C=O) groups excluding carboxylic acids is 3. The lowest BCUT2D eigenvalue weighted by molar-refractivity contribution is -0.175. The first kappa shape index (κ1) is 15.7. The van der Waals surface area contributed by atoms with E-state index in [-0.39, 0.29) is 23.6 Å². The monoisotopic (exact) mass is 365 g/mol. The quantitative estimate of drug-likeness (QED) is 0.732. The van der Waals surface area contributed by atoms with Gasteiger partial charge in [-0.2, -0.15) is 0 Å². The predicted octanol–water partition coefficient (Wildman–Crippen LogP) is 1.56. The van der Waals surface area contributed by atoms with Crippen LogP contribution in [-0.2, 0) is 19.8 Å². The second-order valence-corrected chi connectivity index (χ2v) is 9.58. The third-order valence-electron chi connectivity index (χ3n) is 8.55. The number of piperidine rings is 2. The maximum atomic E-state index is 13.6. The number of fused-ring (bicyclic) bond motifs is 3. The van der Waals surface area contributed by atoms with Crippen molar-refractivity contribution < 1.29 is 14.4 Å². The summed E-state index contributed by atoms with van der Waals surface area (Å²) >= 11 is 0. The Morgan fingerprint density at radius 3 is 2.70 bits per heavy atom. The van der Waals surface area contributed by atoms with Crippen molar-refractivity contribution in [2.24, 2.45) is 11.3 Å². The van der Waals surface area contributed by atoms with Crippen molar-refractivity contribution in [1.29, 1.82) is 0 Å². The third kappa shape index (κ3) is 1.35. The molecule has 5 heterocycles. The van der Waals surface area contributed by atoms with Gasteiger partial charge < -0.3 is 15.5 Å². The number of benzene rings is 1. The highest BCUT2D eigenvalue weighted by atomic mass is 16.2. The zero-order chi connectivity index (χ0) is 18.8. The lowest BCUT2D eigenvalue weighted by Gasteiger charge is -2.59. The van der Waals surface area contributed by atoms with Crippen molar-refractivity contribution >= 4 is 23.4 Å². The molecule has 2 bridgehead atoms. The summed E-state index contributed by atoms with van der Waals surface area (Å²) in [6.07, 6.45) is 2.60. The number of para-hydroxylation sites is 1. The fraction of sp³-hybridized carbons (Fsp3) is 0.571. The molecule has 6 heteroatoms. The van der Waals surface area contributed by atoms with E-state index in [2.05, 4.69) is 24.5 Å². The Labute approximate surface area is 157 Å². The molecule has 1 aromatic rings. The van der Waals surface area contributed by atoms with Crippen LogP contribution in [0, 0.1) is 11.3 Å². The molecule has 4 saturated heterocycles. The van der Waals surface area contributed by atoms with E-state index in [1.165, 1.54) is 0 Å². The predicted molar refractivity (Wildman–Crippen MR) is 97.8 cm³/mol. The SMILES string of the molecule is CC1(C)[C@H]2C[C@]34CCCN3C(=O)[C@@]2(C[C@]12C(=O)Nc1ccccc12)NC4=O. The third-order valence-corrected chi connectivity index (χ3v) is 8.55. The van der Waals surface area contributed by atoms with Crippen LogP contribution in [0.5, 0.6) is 0 Å². The number of hydrogen-bond acceptors (Lipinski definition) is 3. The van der Waals surface area contributed by atoms with Gasteiger partial charge in [0.15, 0.2) is 0 Å². The highest BCUT2D eigenvalue weighted by Gasteiger charge is 2.80. The van der Waals surface area contributed by atoms with Crippen molar-refractivity contribution in [3.05, 3.63) is 29.8 Å². The summed E-state index contributed by atoms with van der Waals surface area (Å²) in [6, 6.07) is 7.79. The van der Waals surface area contributed by atoms with Crippen LogP contribution in [-0.4, -0.2) is 40.2 Å². The van der Waals surface area contributed by atoms with Crippen LogP contribution in [0.2, 0.25) is 0 Å². The van der Waals surface area contributed by atoms with Gasteiger partial charge >= 0.3 is 0 Å². The maximum absolute atomic E-state index is 13.6. The molecule has 0 aromatic heterocycles. The van der Waals surface area contributed by atoms with Gasteiger partial charge in [0.1, 0.15) is 11.1 Å². The molecule has 7 rings (SSSR count). The average molecular weight is 365 g/mol. The zero-order valence-corrected chi connectivity index (χ0v) is 15.6. The number of nitrogens with zero attached hydrogens (tertiary/aromatic N) is 1. The molecule has 5 fully saturated rings. The molecule has 27 heavy (non-hydrogen) atoms. The van der Waals surface area contributed by atoms with Gasteiger partial charge in [-0.15, -0.1) is 0 Å². The first-order chi connectivity index (χ1) is 12.8. The van der Waals surface area contributed by atoms with E-state index in [1.807, 2.05) is 29.2 Å². The molecule has 6 nitrogen and oxygen atoms in total. The normalized spacial score (nSPS) is 42.8. The van der Waals surface area contributed by atoms with Gasteiger partial charge in [-0.1, -0.05) is 32.0 Å². The standard InChI is InChI=1S/C21H23N3O3/c1-18(2)14-10-19-8-5-9-24(19)17(27)21(14,23-15(19)25)11-20(18)12-6-3-4-7-13(12)22-16(20)26/h3-4,6-7,14H,5,8-11H2,1-2H3,(H,22,26)(H,23,25)/t14-,19+,20+,21+/m1/s1. The van der Waals surface area contributed by atoms with Crippen LogP contribution < -0.4 is 10.6 Å². The number of carbonyl (C=O) groups is 3. The van der Waals surface area contributed by atoms with Gasteiger partial charge in [-0.3, -0.25) is 14.4 Å². The van der Waals surface area contributed by atoms with Crippen LogP contribution >= 0.6 is 0 Å². The minimum atomic E-state index is -0.971. The molecule has 1 aromatic carbocycles. The largest absolute Gasteiger partial charge is 0.339 e. The van der Waals surface area contributed by atoms with E-state index in [0.29, 0.717) is 19.4 Å². The summed E-state index contributed by atoms with van der Waals surface area (Å²) < 4.78 is 0. The summed E-state index contributed by atoms with van der Waals surface area (Å²) in [5.74, 6) is -0.0875. The van der Waals surface area contributed by atoms with Crippen LogP contribution in [0.15, 0.2) is 24.3 Å². The maximum Gasteiger partial charge on any atom is 0.249 e. The first-order valence-electron chi connectivity index (χ1n) is 9.85. The molecule has 5 aliphatic heterocycles. The van der Waals surface area contributed by atoms with Crippen LogP contribution in [0.3, 0.4) is 0 Å². The molecule has 1 aliphatic carbocycles. The van der Waals surface area contributed by atoms with Gasteiger partial charge in [0, 0.05) is 18.2 Å². The van der Waals surface area contributed by atoms with E-state index in [9.17, 15) is 14.4 Å². The lowest BCUT2D eigenvalue weighted by Crippen LogP contribution is -2.81. The molecule has 1 saturated carbocycles. The topological polar surface area (TPSA) is 78.5 Å². The lowest BCUT2D eigenvalue weighted by atomic mass is 9.57. The van der Waals surface area contributed by atoms with E-state index in [4.69, 9.17) is 0 Å². The number of rotatable bonds is 0. The van der Waals surface area contributed by atoms with Crippen molar-refractivity contribution in [3.63, 3.8) is 0 Å². The Bertz CT molecular complexity index is 956.